The van der Waals surface area contributed by atoms with Gasteiger partial charge in [0.05, 0.1) is 5.54 Å². The molecule has 1 amide bonds. The molecule has 0 aromatic rings. The molecule has 2 fully saturated rings. The summed E-state index contributed by atoms with van der Waals surface area (Å²) in [5.74, 6) is 0.695. The van der Waals surface area contributed by atoms with Crippen molar-refractivity contribution in [2.45, 2.75) is 53.1 Å². The summed E-state index contributed by atoms with van der Waals surface area (Å²) >= 11 is 0. The normalized spacial score (nSPS) is 24.3. The molecule has 1 aliphatic heterocycles. The number of hydrogen-bond donors (Lipinski definition) is 2. The first-order chi connectivity index (χ1) is 10.5. The first-order valence-electron chi connectivity index (χ1n) is 8.49. The minimum absolute atomic E-state index is 0. The number of halogens is 1. The quantitative estimate of drug-likeness (QED) is 0.388. The minimum Gasteiger partial charge on any atom is -0.368 e. The molecule has 0 atom stereocenters. The smallest absolute Gasteiger partial charge is 0.237 e. The second kappa shape index (κ2) is 6.97. The maximum absolute atomic E-state index is 11.6. The molecule has 140 valence electrons. The van der Waals surface area contributed by atoms with Crippen LogP contribution in [0.3, 0.4) is 0 Å². The van der Waals surface area contributed by atoms with Crippen molar-refractivity contribution in [2.75, 3.05) is 33.2 Å². The van der Waals surface area contributed by atoms with Crippen LogP contribution in [0.25, 0.3) is 0 Å². The fourth-order valence-electron chi connectivity index (χ4n) is 3.62. The van der Waals surface area contributed by atoms with Crippen LogP contribution in [-0.2, 0) is 4.79 Å². The molecular weight excluding hydrogens is 417 g/mol. The maximum Gasteiger partial charge on any atom is 0.237 e. The van der Waals surface area contributed by atoms with Gasteiger partial charge in [0.15, 0.2) is 5.96 Å². The molecule has 1 saturated heterocycles. The van der Waals surface area contributed by atoms with Gasteiger partial charge in [-0.05, 0) is 24.7 Å². The molecule has 0 unspecified atom stereocenters. The van der Waals surface area contributed by atoms with Crippen LogP contribution in [0.5, 0.6) is 0 Å². The molecule has 2 rings (SSSR count). The third-order valence-electron chi connectivity index (χ3n) is 6.48. The highest BCUT2D eigenvalue weighted by atomic mass is 127. The predicted octanol–water partition coefficient (Wildman–Crippen LogP) is 1.50. The van der Waals surface area contributed by atoms with E-state index in [9.17, 15) is 4.79 Å². The SMILES string of the molecule is CN=C(NC1C(C)(C)C1(C)C)N1CCN(C(C)(C)C(N)=O)CC1.I. The molecule has 0 radical (unpaired) electrons. The zero-order valence-electron chi connectivity index (χ0n) is 16.1. The Morgan fingerprint density at radius 1 is 1.12 bits per heavy atom. The Kier molecular flexibility index (Phi) is 6.24. The average molecular weight is 451 g/mol. The third kappa shape index (κ3) is 3.52. The molecule has 3 N–H and O–H groups in total. The second-order valence-corrected chi connectivity index (χ2v) is 8.47. The van der Waals surface area contributed by atoms with Crippen molar-refractivity contribution in [3.8, 4) is 0 Å². The summed E-state index contributed by atoms with van der Waals surface area (Å²) in [6.45, 7) is 16.3. The maximum atomic E-state index is 11.6. The van der Waals surface area contributed by atoms with Crippen LogP contribution in [0.4, 0.5) is 0 Å². The molecule has 1 heterocycles. The first-order valence-corrected chi connectivity index (χ1v) is 8.49. The van der Waals surface area contributed by atoms with Gasteiger partial charge >= 0.3 is 0 Å². The second-order valence-electron chi connectivity index (χ2n) is 8.47. The third-order valence-corrected chi connectivity index (χ3v) is 6.48. The number of hydrogen-bond acceptors (Lipinski definition) is 3. The molecule has 2 aliphatic rings. The van der Waals surface area contributed by atoms with E-state index in [0.717, 1.165) is 32.1 Å². The van der Waals surface area contributed by atoms with Crippen molar-refractivity contribution in [2.24, 2.45) is 21.6 Å². The summed E-state index contributed by atoms with van der Waals surface area (Å²) in [4.78, 5) is 20.5. The Morgan fingerprint density at radius 2 is 1.58 bits per heavy atom. The van der Waals surface area contributed by atoms with Gasteiger partial charge in [-0.25, -0.2) is 0 Å². The number of rotatable bonds is 3. The monoisotopic (exact) mass is 451 g/mol. The fourth-order valence-corrected chi connectivity index (χ4v) is 3.62. The highest BCUT2D eigenvalue weighted by molar-refractivity contribution is 14.0. The van der Waals surface area contributed by atoms with Crippen molar-refractivity contribution in [3.05, 3.63) is 0 Å². The van der Waals surface area contributed by atoms with E-state index in [1.54, 1.807) is 0 Å². The van der Waals surface area contributed by atoms with Crippen LogP contribution < -0.4 is 11.1 Å². The van der Waals surface area contributed by atoms with E-state index in [2.05, 4.69) is 47.8 Å². The van der Waals surface area contributed by atoms with Crippen LogP contribution in [0, 0.1) is 10.8 Å². The molecule has 1 aliphatic carbocycles. The standard InChI is InChI=1S/C17H33N5O.HI/c1-15(2)12(16(15,3)4)20-14(19-7)21-8-10-22(11-9-21)17(5,6)13(18)23;/h12H,8-11H2,1-7H3,(H2,18,23)(H,19,20);1H. The van der Waals surface area contributed by atoms with E-state index in [-0.39, 0.29) is 40.7 Å². The van der Waals surface area contributed by atoms with Crippen molar-refractivity contribution in [1.29, 1.82) is 0 Å². The van der Waals surface area contributed by atoms with Crippen molar-refractivity contribution < 1.29 is 4.79 Å². The Morgan fingerprint density at radius 3 is 1.92 bits per heavy atom. The van der Waals surface area contributed by atoms with Gasteiger partial charge in [0.2, 0.25) is 5.91 Å². The minimum atomic E-state index is -0.594. The number of aliphatic imine (C=N–C) groups is 1. The molecule has 7 heteroatoms. The molecule has 24 heavy (non-hydrogen) atoms. The summed E-state index contributed by atoms with van der Waals surface area (Å²) in [6.07, 6.45) is 0. The zero-order chi connectivity index (χ0) is 17.6. The number of primary amides is 1. The predicted molar refractivity (Wildman–Crippen MR) is 110 cm³/mol. The lowest BCUT2D eigenvalue weighted by atomic mass is 10.0. The van der Waals surface area contributed by atoms with Gasteiger partial charge in [0.1, 0.15) is 0 Å². The highest BCUT2D eigenvalue weighted by Gasteiger charge is 2.65. The highest BCUT2D eigenvalue weighted by Crippen LogP contribution is 2.62. The number of amides is 1. The van der Waals surface area contributed by atoms with Crippen molar-refractivity contribution >= 4 is 35.8 Å². The molecule has 1 saturated carbocycles. The Hall–Kier alpha value is -0.570. The van der Waals surface area contributed by atoms with Gasteiger partial charge in [0.25, 0.3) is 0 Å². The lowest BCUT2D eigenvalue weighted by Crippen LogP contribution is -2.61. The van der Waals surface area contributed by atoms with Gasteiger partial charge < -0.3 is 16.0 Å². The summed E-state index contributed by atoms with van der Waals surface area (Å²) in [5.41, 5.74) is 5.48. The zero-order valence-corrected chi connectivity index (χ0v) is 18.5. The van der Waals surface area contributed by atoms with Gasteiger partial charge in [0, 0.05) is 39.3 Å². The fraction of sp³-hybridized carbons (Fsp3) is 0.882. The Labute approximate surface area is 163 Å². The number of carbonyl (C=O) groups excluding carboxylic acids is 1. The summed E-state index contributed by atoms with van der Waals surface area (Å²) in [5, 5.41) is 3.63. The number of carbonyl (C=O) groups is 1. The molecule has 0 aromatic carbocycles. The van der Waals surface area contributed by atoms with Crippen LogP contribution in [0.15, 0.2) is 4.99 Å². The van der Waals surface area contributed by atoms with E-state index < -0.39 is 5.54 Å². The Balaban J connectivity index is 0.00000288. The molecule has 0 bridgehead atoms. The number of nitrogens with two attached hydrogens (primary N) is 1. The average Bonchev–Trinajstić information content (AvgIpc) is 2.86. The number of guanidine groups is 1. The van der Waals surface area contributed by atoms with Crippen molar-refractivity contribution in [1.82, 2.24) is 15.1 Å². The Bertz CT molecular complexity index is 493. The van der Waals surface area contributed by atoms with E-state index in [1.807, 2.05) is 20.9 Å². The molecule has 0 aromatic heterocycles. The number of nitrogens with one attached hydrogen (secondary N) is 1. The first kappa shape index (κ1) is 21.5. The summed E-state index contributed by atoms with van der Waals surface area (Å²) < 4.78 is 0. The van der Waals surface area contributed by atoms with Gasteiger partial charge in [-0.3, -0.25) is 14.7 Å². The van der Waals surface area contributed by atoms with Gasteiger partial charge in [-0.2, -0.15) is 0 Å². The molecule has 6 nitrogen and oxygen atoms in total. The topological polar surface area (TPSA) is 74.0 Å². The van der Waals surface area contributed by atoms with Crippen LogP contribution >= 0.6 is 24.0 Å². The largest absolute Gasteiger partial charge is 0.368 e. The van der Waals surface area contributed by atoms with Crippen LogP contribution in [0.1, 0.15) is 41.5 Å². The van der Waals surface area contributed by atoms with E-state index in [4.69, 9.17) is 5.73 Å². The summed E-state index contributed by atoms with van der Waals surface area (Å²) in [7, 11) is 1.84. The van der Waals surface area contributed by atoms with Crippen LogP contribution in [0.2, 0.25) is 0 Å². The van der Waals surface area contributed by atoms with Gasteiger partial charge in [-0.1, -0.05) is 27.7 Å². The van der Waals surface area contributed by atoms with E-state index in [1.165, 1.54) is 0 Å². The lowest BCUT2D eigenvalue weighted by Gasteiger charge is -2.43. The molecule has 0 spiro atoms. The lowest BCUT2D eigenvalue weighted by molar-refractivity contribution is -0.129. The van der Waals surface area contributed by atoms with E-state index >= 15 is 0 Å². The van der Waals surface area contributed by atoms with E-state index in [0.29, 0.717) is 6.04 Å². The van der Waals surface area contributed by atoms with Crippen LogP contribution in [-0.4, -0.2) is 66.5 Å². The van der Waals surface area contributed by atoms with Crippen molar-refractivity contribution in [3.63, 3.8) is 0 Å². The summed E-state index contributed by atoms with van der Waals surface area (Å²) in [6, 6.07) is 0.439. The molecular formula is C17H34IN5O. The van der Waals surface area contributed by atoms with Gasteiger partial charge in [-0.15, -0.1) is 24.0 Å². The number of piperazine rings is 1. The number of nitrogens with zero attached hydrogens (tertiary/aromatic N) is 3.